The van der Waals surface area contributed by atoms with Crippen molar-refractivity contribution in [2.75, 3.05) is 0 Å². The molecule has 0 fully saturated rings. The maximum absolute atomic E-state index is 11.4. The molecule has 2 rings (SSSR count). The van der Waals surface area contributed by atoms with Gasteiger partial charge in [0.15, 0.2) is 0 Å². The molecule has 17 heavy (non-hydrogen) atoms. The van der Waals surface area contributed by atoms with Gasteiger partial charge < -0.3 is 10.3 Å². The number of rotatable bonds is 3. The molecule has 0 saturated heterocycles. The third kappa shape index (κ3) is 2.13. The van der Waals surface area contributed by atoms with Crippen LogP contribution in [0, 0.1) is 0 Å². The van der Waals surface area contributed by atoms with Gasteiger partial charge in [-0.2, -0.15) is 0 Å². The molecule has 0 spiro atoms. The van der Waals surface area contributed by atoms with Crippen LogP contribution in [-0.2, 0) is 4.79 Å². The molecule has 1 atom stereocenters. The molecule has 1 aromatic heterocycles. The Bertz CT molecular complexity index is 577. The molecular formula is C12H12Cl2N2O. The lowest BCUT2D eigenvalue weighted by atomic mass is 10.2. The van der Waals surface area contributed by atoms with Crippen LogP contribution in [0.2, 0.25) is 10.0 Å². The van der Waals surface area contributed by atoms with Crippen molar-refractivity contribution < 1.29 is 4.79 Å². The van der Waals surface area contributed by atoms with Crippen molar-refractivity contribution in [2.45, 2.75) is 19.4 Å². The first-order valence-electron chi connectivity index (χ1n) is 5.29. The molecule has 0 aliphatic heterocycles. The molecule has 2 N–H and O–H groups in total. The molecule has 0 aliphatic carbocycles. The first kappa shape index (κ1) is 12.3. The number of carbonyl (C=O) groups excluding carboxylic acids is 1. The molecule has 5 heteroatoms. The molecule has 1 aromatic carbocycles. The van der Waals surface area contributed by atoms with Gasteiger partial charge in [0.25, 0.3) is 0 Å². The summed E-state index contributed by atoms with van der Waals surface area (Å²) in [6, 6.07) is 4.96. The van der Waals surface area contributed by atoms with Gasteiger partial charge >= 0.3 is 0 Å². The minimum Gasteiger partial charge on any atom is -0.368 e. The van der Waals surface area contributed by atoms with Crippen LogP contribution in [0.5, 0.6) is 0 Å². The minimum absolute atomic E-state index is 0.360. The Labute approximate surface area is 109 Å². The summed E-state index contributed by atoms with van der Waals surface area (Å²) in [6.07, 6.45) is 2.44. The number of amides is 1. The Morgan fingerprint density at radius 2 is 2.18 bits per heavy atom. The summed E-state index contributed by atoms with van der Waals surface area (Å²) in [5, 5.41) is 1.99. The minimum atomic E-state index is -0.373. The van der Waals surface area contributed by atoms with Gasteiger partial charge in [-0.25, -0.2) is 0 Å². The molecule has 0 bridgehead atoms. The van der Waals surface area contributed by atoms with Crippen molar-refractivity contribution in [2.24, 2.45) is 5.73 Å². The zero-order valence-electron chi connectivity index (χ0n) is 9.28. The van der Waals surface area contributed by atoms with Gasteiger partial charge in [-0.15, -0.1) is 0 Å². The summed E-state index contributed by atoms with van der Waals surface area (Å²) < 4.78 is 1.81. The van der Waals surface area contributed by atoms with Crippen molar-refractivity contribution >= 4 is 40.0 Å². The Morgan fingerprint density at radius 3 is 2.76 bits per heavy atom. The monoisotopic (exact) mass is 270 g/mol. The highest BCUT2D eigenvalue weighted by Gasteiger charge is 2.17. The second-order valence-electron chi connectivity index (χ2n) is 3.87. The molecular weight excluding hydrogens is 259 g/mol. The zero-order valence-corrected chi connectivity index (χ0v) is 10.8. The molecule has 1 heterocycles. The number of hydrogen-bond acceptors (Lipinski definition) is 1. The van der Waals surface area contributed by atoms with Gasteiger partial charge in [0.1, 0.15) is 6.04 Å². The van der Waals surface area contributed by atoms with E-state index in [9.17, 15) is 4.79 Å². The van der Waals surface area contributed by atoms with Gasteiger partial charge in [0.05, 0.1) is 10.5 Å². The fraction of sp³-hybridized carbons (Fsp3) is 0.250. The van der Waals surface area contributed by atoms with Crippen LogP contribution in [0.3, 0.4) is 0 Å². The van der Waals surface area contributed by atoms with E-state index in [1.54, 1.807) is 12.1 Å². The maximum Gasteiger partial charge on any atom is 0.240 e. The van der Waals surface area contributed by atoms with Crippen LogP contribution in [0.15, 0.2) is 24.4 Å². The van der Waals surface area contributed by atoms with E-state index in [0.29, 0.717) is 16.5 Å². The normalized spacial score (nSPS) is 12.9. The highest BCUT2D eigenvalue weighted by atomic mass is 35.5. The fourth-order valence-corrected chi connectivity index (χ4v) is 2.54. The first-order valence-corrected chi connectivity index (χ1v) is 6.05. The third-order valence-electron chi connectivity index (χ3n) is 2.80. The zero-order chi connectivity index (χ0) is 12.6. The van der Waals surface area contributed by atoms with Crippen molar-refractivity contribution in [3.8, 4) is 0 Å². The molecule has 3 nitrogen and oxygen atoms in total. The lowest BCUT2D eigenvalue weighted by molar-refractivity contribution is -0.121. The second kappa shape index (κ2) is 4.59. The Balaban J connectivity index is 2.67. The van der Waals surface area contributed by atoms with Crippen molar-refractivity contribution in [3.63, 3.8) is 0 Å². The van der Waals surface area contributed by atoms with Gasteiger partial charge in [-0.05, 0) is 24.6 Å². The number of halogens is 2. The average Bonchev–Trinajstić information content (AvgIpc) is 2.63. The predicted molar refractivity (Wildman–Crippen MR) is 70.5 cm³/mol. The maximum atomic E-state index is 11.4. The van der Waals surface area contributed by atoms with Crippen LogP contribution in [0.1, 0.15) is 19.4 Å². The second-order valence-corrected chi connectivity index (χ2v) is 4.71. The van der Waals surface area contributed by atoms with E-state index in [0.717, 1.165) is 10.9 Å². The largest absolute Gasteiger partial charge is 0.368 e. The Kier molecular flexibility index (Phi) is 3.31. The summed E-state index contributed by atoms with van der Waals surface area (Å²) in [7, 11) is 0. The molecule has 0 saturated carbocycles. The quantitative estimate of drug-likeness (QED) is 0.913. The molecule has 2 aromatic rings. The van der Waals surface area contributed by atoms with Crippen molar-refractivity contribution in [1.82, 2.24) is 4.57 Å². The highest BCUT2D eigenvalue weighted by Crippen LogP contribution is 2.31. The summed E-state index contributed by atoms with van der Waals surface area (Å²) in [5.41, 5.74) is 6.21. The number of nitrogens with zero attached hydrogens (tertiary/aromatic N) is 1. The average molecular weight is 271 g/mol. The predicted octanol–water partition coefficient (Wildman–Crippen LogP) is 3.38. The third-order valence-corrected chi connectivity index (χ3v) is 3.33. The van der Waals surface area contributed by atoms with Crippen molar-refractivity contribution in [3.05, 3.63) is 34.4 Å². The lowest BCUT2D eigenvalue weighted by Crippen LogP contribution is -2.25. The van der Waals surface area contributed by atoms with E-state index < -0.39 is 0 Å². The Hall–Kier alpha value is -1.19. The fourth-order valence-electron chi connectivity index (χ4n) is 1.99. The van der Waals surface area contributed by atoms with Crippen LogP contribution in [0.4, 0.5) is 0 Å². The van der Waals surface area contributed by atoms with Crippen LogP contribution in [-0.4, -0.2) is 10.5 Å². The van der Waals surface area contributed by atoms with E-state index in [1.807, 2.05) is 23.8 Å². The summed E-state index contributed by atoms with van der Waals surface area (Å²) in [6.45, 7) is 1.91. The molecule has 0 aliphatic rings. The summed E-state index contributed by atoms with van der Waals surface area (Å²) in [4.78, 5) is 11.4. The number of nitrogens with two attached hydrogens (primary N) is 1. The standard InChI is InChI=1S/C12H12Cl2N2O/c1-2-10(12(15)17)16-4-3-8-9(14)5-7(13)6-11(8)16/h3-6,10H,2H2,1H3,(H2,15,17). The number of fused-ring (bicyclic) bond motifs is 1. The van der Waals surface area contributed by atoms with Crippen LogP contribution >= 0.6 is 23.2 Å². The number of hydrogen-bond donors (Lipinski definition) is 1. The van der Waals surface area contributed by atoms with Gasteiger partial charge in [-0.3, -0.25) is 4.79 Å². The Morgan fingerprint density at radius 1 is 1.47 bits per heavy atom. The number of benzene rings is 1. The molecule has 1 amide bonds. The van der Waals surface area contributed by atoms with E-state index >= 15 is 0 Å². The van der Waals surface area contributed by atoms with Crippen LogP contribution < -0.4 is 5.73 Å². The first-order chi connectivity index (χ1) is 8.04. The summed E-state index contributed by atoms with van der Waals surface area (Å²) in [5.74, 6) is -0.360. The SMILES string of the molecule is CCC(C(N)=O)n1ccc2c(Cl)cc(Cl)cc21. The molecule has 0 radical (unpaired) electrons. The van der Waals surface area contributed by atoms with Crippen LogP contribution in [0.25, 0.3) is 10.9 Å². The highest BCUT2D eigenvalue weighted by molar-refractivity contribution is 6.38. The topological polar surface area (TPSA) is 48.0 Å². The van der Waals surface area contributed by atoms with E-state index in [1.165, 1.54) is 0 Å². The number of primary amides is 1. The smallest absolute Gasteiger partial charge is 0.240 e. The summed E-state index contributed by atoms with van der Waals surface area (Å²) >= 11 is 12.1. The van der Waals surface area contributed by atoms with Gasteiger partial charge in [0, 0.05) is 16.6 Å². The molecule has 90 valence electrons. The van der Waals surface area contributed by atoms with E-state index in [4.69, 9.17) is 28.9 Å². The van der Waals surface area contributed by atoms with Crippen molar-refractivity contribution in [1.29, 1.82) is 0 Å². The van der Waals surface area contributed by atoms with E-state index in [2.05, 4.69) is 0 Å². The van der Waals surface area contributed by atoms with Gasteiger partial charge in [-0.1, -0.05) is 30.1 Å². The van der Waals surface area contributed by atoms with Gasteiger partial charge in [0.2, 0.25) is 5.91 Å². The number of aromatic nitrogens is 1. The number of carbonyl (C=O) groups is 1. The lowest BCUT2D eigenvalue weighted by Gasteiger charge is -2.14. The van der Waals surface area contributed by atoms with E-state index in [-0.39, 0.29) is 11.9 Å². The molecule has 1 unspecified atom stereocenters.